The van der Waals surface area contributed by atoms with E-state index in [1.165, 1.54) is 244 Å². The first-order valence-electron chi connectivity index (χ1n) is 29.0. The summed E-state index contributed by atoms with van der Waals surface area (Å²) in [6, 6.07) is -0.0987. The molecule has 0 fully saturated rings. The summed E-state index contributed by atoms with van der Waals surface area (Å²) < 4.78 is 11.8. The highest BCUT2D eigenvalue weighted by Crippen LogP contribution is 2.23. The number of nitrogens with one attached hydrogen (secondary N) is 2. The first-order chi connectivity index (χ1) is 31.5. The molecule has 0 saturated carbocycles. The molecule has 0 aromatic rings. The standard InChI is InChI=1S/C58H117N3O4/c1-8-10-12-14-16-18-20-22-24-26-28-30-32-34-36-38-40-42-44-54(45-43-41-39-37-35-33-31-29-27-25-23-21-19-17-15-13-11-9-2)52-61-56(63)47-46-55(62)60-50-48-57(4,5)65-51-49-58(6,64-7)53(3)59/h53-54H,8-52,59H2,1-7H3,(H,60,62)(H,61,63). The molecule has 388 valence electrons. The van der Waals surface area contributed by atoms with Crippen LogP contribution in [0.2, 0.25) is 0 Å². The zero-order valence-electron chi connectivity index (χ0n) is 45.2. The molecular weight excluding hydrogens is 803 g/mol. The molecule has 65 heavy (non-hydrogen) atoms. The van der Waals surface area contributed by atoms with Crippen molar-refractivity contribution >= 4 is 11.8 Å². The fraction of sp³-hybridized carbons (Fsp3) is 0.966. The number of unbranched alkanes of at least 4 members (excludes halogenated alkanes) is 34. The van der Waals surface area contributed by atoms with Gasteiger partial charge in [-0.2, -0.15) is 0 Å². The van der Waals surface area contributed by atoms with Gasteiger partial charge in [-0.05, 0) is 52.9 Å². The monoisotopic (exact) mass is 920 g/mol. The van der Waals surface area contributed by atoms with E-state index in [1.807, 2.05) is 27.7 Å². The van der Waals surface area contributed by atoms with Crippen molar-refractivity contribution in [2.75, 3.05) is 26.8 Å². The quantitative estimate of drug-likeness (QED) is 0.0528. The van der Waals surface area contributed by atoms with E-state index >= 15 is 0 Å². The molecule has 2 amide bonds. The lowest BCUT2D eigenvalue weighted by Crippen LogP contribution is -2.46. The number of ether oxygens (including phenoxy) is 2. The predicted molar refractivity (Wildman–Crippen MR) is 284 cm³/mol. The van der Waals surface area contributed by atoms with Crippen molar-refractivity contribution in [3.8, 4) is 0 Å². The molecule has 0 aromatic heterocycles. The summed E-state index contributed by atoms with van der Waals surface area (Å²) in [5, 5.41) is 6.23. The minimum atomic E-state index is -0.429. The number of hydrogen-bond donors (Lipinski definition) is 3. The van der Waals surface area contributed by atoms with Gasteiger partial charge in [-0.1, -0.05) is 245 Å². The summed E-state index contributed by atoms with van der Waals surface area (Å²) in [5.74, 6) is 0.459. The highest BCUT2D eigenvalue weighted by molar-refractivity contribution is 5.83. The molecule has 0 aliphatic heterocycles. The molecule has 2 atom stereocenters. The number of carbonyl (C=O) groups is 2. The van der Waals surface area contributed by atoms with Gasteiger partial charge in [-0.25, -0.2) is 0 Å². The van der Waals surface area contributed by atoms with Crippen LogP contribution in [0.3, 0.4) is 0 Å². The van der Waals surface area contributed by atoms with Crippen LogP contribution in [0.1, 0.15) is 311 Å². The molecule has 2 unspecified atom stereocenters. The summed E-state index contributed by atoms with van der Waals surface area (Å²) in [5.41, 5.74) is 5.30. The largest absolute Gasteiger partial charge is 0.377 e. The van der Waals surface area contributed by atoms with Crippen molar-refractivity contribution in [3.05, 3.63) is 0 Å². The van der Waals surface area contributed by atoms with Crippen LogP contribution in [-0.2, 0) is 19.1 Å². The lowest BCUT2D eigenvalue weighted by Gasteiger charge is -2.34. The van der Waals surface area contributed by atoms with Gasteiger partial charge in [0.25, 0.3) is 0 Å². The highest BCUT2D eigenvalue weighted by Gasteiger charge is 2.29. The van der Waals surface area contributed by atoms with Crippen molar-refractivity contribution in [2.45, 2.75) is 328 Å². The smallest absolute Gasteiger partial charge is 0.220 e. The second-order valence-electron chi connectivity index (χ2n) is 21.5. The van der Waals surface area contributed by atoms with E-state index in [4.69, 9.17) is 15.2 Å². The molecule has 0 aromatic carbocycles. The molecule has 4 N–H and O–H groups in total. The molecular formula is C58H117N3O4. The number of carbonyl (C=O) groups excluding carboxylic acids is 2. The third-order valence-corrected chi connectivity index (χ3v) is 14.7. The maximum absolute atomic E-state index is 12.9. The van der Waals surface area contributed by atoms with Gasteiger partial charge in [-0.3, -0.25) is 9.59 Å². The van der Waals surface area contributed by atoms with E-state index in [9.17, 15) is 9.59 Å². The molecule has 0 rings (SSSR count). The number of rotatable bonds is 52. The Morgan fingerprint density at radius 2 is 0.785 bits per heavy atom. The fourth-order valence-corrected chi connectivity index (χ4v) is 9.30. The third-order valence-electron chi connectivity index (χ3n) is 14.7. The first kappa shape index (κ1) is 63.8. The van der Waals surface area contributed by atoms with Crippen LogP contribution in [0.5, 0.6) is 0 Å². The van der Waals surface area contributed by atoms with Gasteiger partial charge in [-0.15, -0.1) is 0 Å². The van der Waals surface area contributed by atoms with Crippen LogP contribution in [0.25, 0.3) is 0 Å². The van der Waals surface area contributed by atoms with Gasteiger partial charge in [0, 0.05) is 45.5 Å². The molecule has 0 aliphatic carbocycles. The van der Waals surface area contributed by atoms with Crippen molar-refractivity contribution in [1.82, 2.24) is 10.6 Å². The van der Waals surface area contributed by atoms with Gasteiger partial charge < -0.3 is 25.8 Å². The number of methoxy groups -OCH3 is 1. The Balaban J connectivity index is 4.38. The molecule has 0 heterocycles. The van der Waals surface area contributed by atoms with E-state index in [-0.39, 0.29) is 36.3 Å². The van der Waals surface area contributed by atoms with E-state index in [1.54, 1.807) is 7.11 Å². The Kier molecular flexibility index (Phi) is 45.7. The molecule has 0 aliphatic rings. The second-order valence-corrected chi connectivity index (χ2v) is 21.5. The van der Waals surface area contributed by atoms with E-state index in [2.05, 4.69) is 24.5 Å². The van der Waals surface area contributed by atoms with E-state index in [0.29, 0.717) is 31.9 Å². The van der Waals surface area contributed by atoms with Crippen LogP contribution in [0, 0.1) is 5.92 Å². The SMILES string of the molecule is CCCCCCCCCCCCCCCCCCCCC(CCCCCCCCCCCCCCCCCCCC)CNC(=O)CCC(=O)NCCC(C)(C)OCCC(C)(OC)C(C)N. The Labute approximate surface area is 407 Å². The van der Waals surface area contributed by atoms with Gasteiger partial charge in [0.15, 0.2) is 0 Å². The average molecular weight is 921 g/mol. The maximum Gasteiger partial charge on any atom is 0.220 e. The Bertz CT molecular complexity index is 981. The number of amides is 2. The van der Waals surface area contributed by atoms with Crippen LogP contribution < -0.4 is 16.4 Å². The number of hydrogen-bond acceptors (Lipinski definition) is 5. The van der Waals surface area contributed by atoms with E-state index < -0.39 is 5.60 Å². The summed E-state index contributed by atoms with van der Waals surface area (Å²) >= 11 is 0. The van der Waals surface area contributed by atoms with Gasteiger partial charge in [0.05, 0.1) is 17.8 Å². The summed E-state index contributed by atoms with van der Waals surface area (Å²) in [4.78, 5) is 25.6. The summed E-state index contributed by atoms with van der Waals surface area (Å²) in [6.45, 7) is 14.4. The van der Waals surface area contributed by atoms with Gasteiger partial charge >= 0.3 is 0 Å². The van der Waals surface area contributed by atoms with Crippen molar-refractivity contribution < 1.29 is 19.1 Å². The predicted octanol–water partition coefficient (Wildman–Crippen LogP) is 16.8. The normalized spacial score (nSPS) is 13.4. The zero-order valence-corrected chi connectivity index (χ0v) is 45.2. The molecule has 7 nitrogen and oxygen atoms in total. The van der Waals surface area contributed by atoms with Crippen molar-refractivity contribution in [1.29, 1.82) is 0 Å². The lowest BCUT2D eigenvalue weighted by molar-refractivity contribution is -0.126. The fourth-order valence-electron chi connectivity index (χ4n) is 9.30. The maximum atomic E-state index is 12.9. The van der Waals surface area contributed by atoms with Gasteiger partial charge in [0.1, 0.15) is 0 Å². The van der Waals surface area contributed by atoms with Crippen LogP contribution >= 0.6 is 0 Å². The molecule has 0 radical (unpaired) electrons. The minimum absolute atomic E-state index is 0.000234. The van der Waals surface area contributed by atoms with Crippen LogP contribution in [0.15, 0.2) is 0 Å². The summed E-state index contributed by atoms with van der Waals surface area (Å²) in [6.07, 6.45) is 54.7. The van der Waals surface area contributed by atoms with Crippen LogP contribution in [-0.4, -0.2) is 55.9 Å². The molecule has 0 bridgehead atoms. The lowest BCUT2D eigenvalue weighted by atomic mass is 9.93. The minimum Gasteiger partial charge on any atom is -0.377 e. The van der Waals surface area contributed by atoms with Gasteiger partial charge in [0.2, 0.25) is 11.8 Å². The first-order valence-corrected chi connectivity index (χ1v) is 29.0. The summed E-state index contributed by atoms with van der Waals surface area (Å²) in [7, 11) is 1.69. The number of nitrogens with two attached hydrogens (primary N) is 1. The Morgan fingerprint density at radius 1 is 0.477 bits per heavy atom. The highest BCUT2D eigenvalue weighted by atomic mass is 16.5. The van der Waals surface area contributed by atoms with E-state index in [0.717, 1.165) is 6.54 Å². The molecule has 0 saturated heterocycles. The van der Waals surface area contributed by atoms with Crippen molar-refractivity contribution in [2.24, 2.45) is 11.7 Å². The third kappa shape index (κ3) is 43.8. The molecule has 7 heteroatoms. The zero-order chi connectivity index (χ0) is 48.0. The van der Waals surface area contributed by atoms with Crippen LogP contribution in [0.4, 0.5) is 0 Å². The molecule has 0 spiro atoms. The average Bonchev–Trinajstić information content (AvgIpc) is 3.28. The topological polar surface area (TPSA) is 103 Å². The Hall–Kier alpha value is -1.18. The Morgan fingerprint density at radius 3 is 1.09 bits per heavy atom. The van der Waals surface area contributed by atoms with Crippen molar-refractivity contribution in [3.63, 3.8) is 0 Å². The second kappa shape index (κ2) is 46.5.